The summed E-state index contributed by atoms with van der Waals surface area (Å²) in [5.41, 5.74) is 1.79. The Morgan fingerprint density at radius 1 is 1.13 bits per heavy atom. The van der Waals surface area contributed by atoms with Crippen molar-refractivity contribution in [1.82, 2.24) is 4.98 Å². The molecule has 0 amide bonds. The largest absolute Gasteiger partial charge is 0.250 e. The van der Waals surface area contributed by atoms with Crippen molar-refractivity contribution in [2.45, 2.75) is 6.92 Å². The molecule has 0 aliphatic carbocycles. The third kappa shape index (κ3) is 1.86. The van der Waals surface area contributed by atoms with Gasteiger partial charge in [0, 0.05) is 11.6 Å². The summed E-state index contributed by atoms with van der Waals surface area (Å²) in [5.74, 6) is -1.30. The van der Waals surface area contributed by atoms with Crippen LogP contribution in [0.5, 0.6) is 0 Å². The highest BCUT2D eigenvalue weighted by molar-refractivity contribution is 5.63. The fraction of sp³-hybridized carbons (Fsp3) is 0.0833. The van der Waals surface area contributed by atoms with E-state index in [1.165, 1.54) is 0 Å². The summed E-state index contributed by atoms with van der Waals surface area (Å²) in [7, 11) is 0. The first kappa shape index (κ1) is 9.77. The number of hydrogen-bond acceptors (Lipinski definition) is 1. The molecule has 0 saturated heterocycles. The Hall–Kier alpha value is -1.77. The maximum atomic E-state index is 13.4. The molecular formula is C12H9F2N. The molecule has 0 atom stereocenters. The van der Waals surface area contributed by atoms with Crippen molar-refractivity contribution in [2.24, 2.45) is 0 Å². The predicted molar refractivity (Wildman–Crippen MR) is 54.3 cm³/mol. The molecule has 0 radical (unpaired) electrons. The number of pyridine rings is 1. The lowest BCUT2D eigenvalue weighted by molar-refractivity contribution is 0.576. The smallest absolute Gasteiger partial charge is 0.152 e. The molecule has 3 heteroatoms. The number of aromatic nitrogens is 1. The minimum Gasteiger partial charge on any atom is -0.250 e. The number of halogens is 2. The number of benzene rings is 1. The maximum absolute atomic E-state index is 13.4. The highest BCUT2D eigenvalue weighted by atomic mass is 19.1. The van der Waals surface area contributed by atoms with Crippen LogP contribution in [0.4, 0.5) is 8.78 Å². The van der Waals surface area contributed by atoms with Gasteiger partial charge in [-0.3, -0.25) is 4.98 Å². The van der Waals surface area contributed by atoms with Gasteiger partial charge >= 0.3 is 0 Å². The SMILES string of the molecule is Cc1ccccc1-c1ncc(F)cc1F. The molecule has 2 rings (SSSR count). The Bertz CT molecular complexity index is 495. The molecule has 1 nitrogen and oxygen atoms in total. The van der Waals surface area contributed by atoms with Gasteiger partial charge in [-0.25, -0.2) is 8.78 Å². The van der Waals surface area contributed by atoms with Crippen LogP contribution < -0.4 is 0 Å². The summed E-state index contributed by atoms with van der Waals surface area (Å²) in [5, 5.41) is 0. The van der Waals surface area contributed by atoms with Crippen LogP contribution in [0.1, 0.15) is 5.56 Å². The average Bonchev–Trinajstić information content (AvgIpc) is 2.20. The predicted octanol–water partition coefficient (Wildman–Crippen LogP) is 3.34. The van der Waals surface area contributed by atoms with Crippen LogP contribution in [0.3, 0.4) is 0 Å². The summed E-state index contributed by atoms with van der Waals surface area (Å²) in [6, 6.07) is 8.13. The highest BCUT2D eigenvalue weighted by Crippen LogP contribution is 2.23. The third-order valence-electron chi connectivity index (χ3n) is 2.21. The van der Waals surface area contributed by atoms with Gasteiger partial charge in [0.1, 0.15) is 11.5 Å². The molecule has 1 aromatic heterocycles. The summed E-state index contributed by atoms with van der Waals surface area (Å²) >= 11 is 0. The van der Waals surface area contributed by atoms with E-state index in [0.29, 0.717) is 5.56 Å². The van der Waals surface area contributed by atoms with Crippen molar-refractivity contribution in [3.63, 3.8) is 0 Å². The molecule has 0 aliphatic rings. The lowest BCUT2D eigenvalue weighted by Gasteiger charge is -2.05. The lowest BCUT2D eigenvalue weighted by Crippen LogP contribution is -1.92. The van der Waals surface area contributed by atoms with E-state index < -0.39 is 11.6 Å². The maximum Gasteiger partial charge on any atom is 0.152 e. The van der Waals surface area contributed by atoms with Crippen LogP contribution in [-0.2, 0) is 0 Å². The molecular weight excluding hydrogens is 196 g/mol. The van der Waals surface area contributed by atoms with Crippen molar-refractivity contribution >= 4 is 0 Å². The molecule has 0 aliphatic heterocycles. The van der Waals surface area contributed by atoms with Crippen molar-refractivity contribution in [1.29, 1.82) is 0 Å². The van der Waals surface area contributed by atoms with Gasteiger partial charge in [0.15, 0.2) is 5.82 Å². The van der Waals surface area contributed by atoms with Crippen LogP contribution >= 0.6 is 0 Å². The second-order valence-electron chi connectivity index (χ2n) is 3.30. The highest BCUT2D eigenvalue weighted by Gasteiger charge is 2.09. The van der Waals surface area contributed by atoms with Crippen molar-refractivity contribution in [2.75, 3.05) is 0 Å². The molecule has 1 aromatic carbocycles. The summed E-state index contributed by atoms with van der Waals surface area (Å²) in [6.45, 7) is 1.86. The van der Waals surface area contributed by atoms with Crippen LogP contribution in [-0.4, -0.2) is 4.98 Å². The molecule has 2 aromatic rings. The van der Waals surface area contributed by atoms with Crippen LogP contribution in [0.15, 0.2) is 36.5 Å². The van der Waals surface area contributed by atoms with Gasteiger partial charge in [0.05, 0.1) is 6.20 Å². The number of hydrogen-bond donors (Lipinski definition) is 0. The van der Waals surface area contributed by atoms with Crippen LogP contribution in [0.25, 0.3) is 11.3 Å². The van der Waals surface area contributed by atoms with E-state index in [0.717, 1.165) is 17.8 Å². The first-order valence-corrected chi connectivity index (χ1v) is 4.55. The fourth-order valence-corrected chi connectivity index (χ4v) is 1.45. The van der Waals surface area contributed by atoms with E-state index in [1.54, 1.807) is 12.1 Å². The number of nitrogens with zero attached hydrogens (tertiary/aromatic N) is 1. The topological polar surface area (TPSA) is 12.9 Å². The summed E-state index contributed by atoms with van der Waals surface area (Å²) in [4.78, 5) is 3.76. The standard InChI is InChI=1S/C12H9F2N/c1-8-4-2-3-5-10(8)12-11(14)6-9(13)7-15-12/h2-7H,1H3. The van der Waals surface area contributed by atoms with E-state index in [1.807, 2.05) is 19.1 Å². The average molecular weight is 205 g/mol. The van der Waals surface area contributed by atoms with Gasteiger partial charge in [0.2, 0.25) is 0 Å². The summed E-state index contributed by atoms with van der Waals surface area (Å²) in [6.07, 6.45) is 1.02. The molecule has 0 saturated carbocycles. The third-order valence-corrected chi connectivity index (χ3v) is 2.21. The van der Waals surface area contributed by atoms with Crippen LogP contribution in [0.2, 0.25) is 0 Å². The number of rotatable bonds is 1. The molecule has 1 heterocycles. The lowest BCUT2D eigenvalue weighted by atomic mass is 10.1. The number of aryl methyl sites for hydroxylation is 1. The zero-order valence-electron chi connectivity index (χ0n) is 8.17. The van der Waals surface area contributed by atoms with E-state index in [-0.39, 0.29) is 5.69 Å². The van der Waals surface area contributed by atoms with Gasteiger partial charge in [-0.1, -0.05) is 24.3 Å². The van der Waals surface area contributed by atoms with Crippen LogP contribution in [0, 0.1) is 18.6 Å². The van der Waals surface area contributed by atoms with Gasteiger partial charge in [-0.2, -0.15) is 0 Å². The molecule has 76 valence electrons. The zero-order valence-corrected chi connectivity index (χ0v) is 8.17. The Labute approximate surface area is 86.4 Å². The molecule has 15 heavy (non-hydrogen) atoms. The molecule has 0 N–H and O–H groups in total. The van der Waals surface area contributed by atoms with E-state index in [9.17, 15) is 8.78 Å². The minimum absolute atomic E-state index is 0.189. The molecule has 0 fully saturated rings. The Kier molecular flexibility index (Phi) is 2.46. The summed E-state index contributed by atoms with van der Waals surface area (Å²) < 4.78 is 26.1. The first-order valence-electron chi connectivity index (χ1n) is 4.55. The van der Waals surface area contributed by atoms with Crippen molar-refractivity contribution in [3.8, 4) is 11.3 Å². The van der Waals surface area contributed by atoms with Gasteiger partial charge in [-0.05, 0) is 12.5 Å². The molecule has 0 bridgehead atoms. The molecule has 0 spiro atoms. The second-order valence-corrected chi connectivity index (χ2v) is 3.30. The van der Waals surface area contributed by atoms with Gasteiger partial charge in [-0.15, -0.1) is 0 Å². The Morgan fingerprint density at radius 2 is 1.87 bits per heavy atom. The first-order chi connectivity index (χ1) is 7.18. The fourth-order valence-electron chi connectivity index (χ4n) is 1.45. The van der Waals surface area contributed by atoms with Gasteiger partial charge < -0.3 is 0 Å². The Morgan fingerprint density at radius 3 is 2.53 bits per heavy atom. The van der Waals surface area contributed by atoms with Gasteiger partial charge in [0.25, 0.3) is 0 Å². The normalized spacial score (nSPS) is 10.3. The van der Waals surface area contributed by atoms with Crippen molar-refractivity contribution in [3.05, 3.63) is 53.7 Å². The van der Waals surface area contributed by atoms with E-state index in [2.05, 4.69) is 4.98 Å². The Balaban J connectivity index is 2.60. The van der Waals surface area contributed by atoms with E-state index in [4.69, 9.17) is 0 Å². The monoisotopic (exact) mass is 205 g/mol. The van der Waals surface area contributed by atoms with Crippen molar-refractivity contribution < 1.29 is 8.78 Å². The quantitative estimate of drug-likeness (QED) is 0.695. The van der Waals surface area contributed by atoms with E-state index >= 15 is 0 Å². The molecule has 0 unspecified atom stereocenters. The zero-order chi connectivity index (χ0) is 10.8. The second kappa shape index (κ2) is 3.77. The minimum atomic E-state index is -0.662.